The predicted molar refractivity (Wildman–Crippen MR) is 49.4 cm³/mol. The van der Waals surface area contributed by atoms with Crippen LogP contribution in [0.5, 0.6) is 0 Å². The third-order valence-corrected chi connectivity index (χ3v) is 1.84. The molecular weight excluding hydrogens is 204 g/mol. The molecule has 0 aliphatic rings. The lowest BCUT2D eigenvalue weighted by Crippen LogP contribution is -2.12. The maximum atomic E-state index is 10.5. The Morgan fingerprint density at radius 1 is 1.20 bits per heavy atom. The molecule has 6 heteroatoms. The van der Waals surface area contributed by atoms with Gasteiger partial charge in [0.2, 0.25) is 0 Å². The molecule has 3 N–H and O–H groups in total. The first kappa shape index (κ1) is 13.2. The van der Waals surface area contributed by atoms with Crippen molar-refractivity contribution in [3.63, 3.8) is 0 Å². The average molecular weight is 216 g/mol. The van der Waals surface area contributed by atoms with Gasteiger partial charge in [0.25, 0.3) is 0 Å². The molecule has 0 saturated carbocycles. The highest BCUT2D eigenvalue weighted by atomic mass is 16.4. The summed E-state index contributed by atoms with van der Waals surface area (Å²) in [4.78, 5) is 31.2. The second kappa shape index (κ2) is 5.79. The van der Waals surface area contributed by atoms with Crippen LogP contribution < -0.4 is 0 Å². The minimum Gasteiger partial charge on any atom is -0.481 e. The van der Waals surface area contributed by atoms with Crippen molar-refractivity contribution < 1.29 is 29.7 Å². The van der Waals surface area contributed by atoms with E-state index in [1.54, 1.807) is 0 Å². The zero-order valence-corrected chi connectivity index (χ0v) is 8.14. The van der Waals surface area contributed by atoms with E-state index in [4.69, 9.17) is 15.3 Å². The number of carboxylic acid groups (broad SMARTS) is 3. The molecule has 0 saturated heterocycles. The molecule has 0 aromatic heterocycles. The van der Waals surface area contributed by atoms with Crippen LogP contribution in [0.4, 0.5) is 0 Å². The van der Waals surface area contributed by atoms with Gasteiger partial charge in [0, 0.05) is 11.6 Å². The summed E-state index contributed by atoms with van der Waals surface area (Å²) in [5.41, 5.74) is -0.296. The van der Waals surface area contributed by atoms with Crippen LogP contribution in [0.3, 0.4) is 0 Å². The van der Waals surface area contributed by atoms with Gasteiger partial charge in [0.15, 0.2) is 0 Å². The molecule has 0 spiro atoms. The summed E-state index contributed by atoms with van der Waals surface area (Å²) in [6.45, 7) is 1.43. The van der Waals surface area contributed by atoms with E-state index in [1.165, 1.54) is 6.92 Å². The summed E-state index contributed by atoms with van der Waals surface area (Å²) in [6, 6.07) is 0. The lowest BCUT2D eigenvalue weighted by molar-refractivity contribution is -0.141. The highest BCUT2D eigenvalue weighted by molar-refractivity contribution is 5.94. The van der Waals surface area contributed by atoms with Gasteiger partial charge in [-0.3, -0.25) is 4.79 Å². The van der Waals surface area contributed by atoms with Crippen molar-refractivity contribution in [2.24, 2.45) is 5.92 Å². The largest absolute Gasteiger partial charge is 0.481 e. The molecule has 0 radical (unpaired) electrons. The molecule has 0 bridgehead atoms. The van der Waals surface area contributed by atoms with Gasteiger partial charge in [-0.25, -0.2) is 9.59 Å². The Balaban J connectivity index is 4.39. The molecule has 1 atom stereocenters. The highest BCUT2D eigenvalue weighted by Crippen LogP contribution is 2.12. The van der Waals surface area contributed by atoms with E-state index in [-0.39, 0.29) is 18.4 Å². The molecular formula is C9H12O6. The van der Waals surface area contributed by atoms with E-state index in [0.717, 1.165) is 0 Å². The third kappa shape index (κ3) is 5.45. The summed E-state index contributed by atoms with van der Waals surface area (Å²) in [5, 5.41) is 25.5. The van der Waals surface area contributed by atoms with Gasteiger partial charge in [-0.2, -0.15) is 0 Å². The van der Waals surface area contributed by atoms with Crippen LogP contribution in [0.25, 0.3) is 0 Å². The Morgan fingerprint density at radius 3 is 2.07 bits per heavy atom. The standard InChI is InChI=1S/C9H12O6/c1-5(8(12)13)2-3-6(9(14)15)4-7(10)11/h4-5H,2-3H2,1H3,(H,10,11)(H,12,13)(H,14,15). The predicted octanol–water partition coefficient (Wildman–Crippen LogP) is 0.583. The summed E-state index contributed by atoms with van der Waals surface area (Å²) >= 11 is 0. The van der Waals surface area contributed by atoms with Crippen molar-refractivity contribution in [3.8, 4) is 0 Å². The quantitative estimate of drug-likeness (QED) is 0.560. The SMILES string of the molecule is CC(CCC(=CC(=O)O)C(=O)O)C(=O)O. The summed E-state index contributed by atoms with van der Waals surface area (Å²) < 4.78 is 0. The highest BCUT2D eigenvalue weighted by Gasteiger charge is 2.15. The van der Waals surface area contributed by atoms with E-state index in [1.807, 2.05) is 0 Å². The molecule has 0 aliphatic carbocycles. The van der Waals surface area contributed by atoms with Crippen molar-refractivity contribution >= 4 is 17.9 Å². The fourth-order valence-corrected chi connectivity index (χ4v) is 0.885. The zero-order valence-electron chi connectivity index (χ0n) is 8.14. The lowest BCUT2D eigenvalue weighted by Gasteiger charge is -2.05. The molecule has 0 aliphatic heterocycles. The smallest absolute Gasteiger partial charge is 0.331 e. The van der Waals surface area contributed by atoms with E-state index < -0.39 is 23.8 Å². The third-order valence-electron chi connectivity index (χ3n) is 1.84. The fraction of sp³-hybridized carbons (Fsp3) is 0.444. The average Bonchev–Trinajstić information content (AvgIpc) is 2.10. The summed E-state index contributed by atoms with van der Waals surface area (Å²) in [5.74, 6) is -4.41. The number of rotatable bonds is 6. The van der Waals surface area contributed by atoms with Gasteiger partial charge in [-0.15, -0.1) is 0 Å². The fourth-order valence-electron chi connectivity index (χ4n) is 0.885. The summed E-state index contributed by atoms with van der Waals surface area (Å²) in [6.07, 6.45) is 0.604. The van der Waals surface area contributed by atoms with Crippen molar-refractivity contribution in [2.75, 3.05) is 0 Å². The minimum absolute atomic E-state index is 0.0743. The van der Waals surface area contributed by atoms with E-state index in [2.05, 4.69) is 0 Å². The molecule has 0 aromatic carbocycles. The zero-order chi connectivity index (χ0) is 12.0. The topological polar surface area (TPSA) is 112 Å². The second-order valence-electron chi connectivity index (χ2n) is 3.09. The number of carboxylic acids is 3. The van der Waals surface area contributed by atoms with Crippen molar-refractivity contribution in [1.82, 2.24) is 0 Å². The maximum absolute atomic E-state index is 10.5. The van der Waals surface area contributed by atoms with Gasteiger partial charge in [-0.1, -0.05) is 6.92 Å². The molecule has 0 amide bonds. The van der Waals surface area contributed by atoms with Crippen molar-refractivity contribution in [2.45, 2.75) is 19.8 Å². The number of hydrogen-bond acceptors (Lipinski definition) is 3. The number of hydrogen-bond donors (Lipinski definition) is 3. The van der Waals surface area contributed by atoms with Crippen LogP contribution in [0.15, 0.2) is 11.6 Å². The van der Waals surface area contributed by atoms with E-state index in [0.29, 0.717) is 6.08 Å². The van der Waals surface area contributed by atoms with Crippen molar-refractivity contribution in [1.29, 1.82) is 0 Å². The van der Waals surface area contributed by atoms with Crippen LogP contribution in [0, 0.1) is 5.92 Å². The van der Waals surface area contributed by atoms with Crippen LogP contribution in [-0.4, -0.2) is 33.2 Å². The Kier molecular flexibility index (Phi) is 5.08. The Hall–Kier alpha value is -1.85. The first-order chi connectivity index (χ1) is 6.84. The van der Waals surface area contributed by atoms with Gasteiger partial charge in [0.05, 0.1) is 5.92 Å². The van der Waals surface area contributed by atoms with E-state index in [9.17, 15) is 14.4 Å². The Morgan fingerprint density at radius 2 is 1.73 bits per heavy atom. The molecule has 15 heavy (non-hydrogen) atoms. The molecule has 6 nitrogen and oxygen atoms in total. The number of carbonyl (C=O) groups is 3. The van der Waals surface area contributed by atoms with Gasteiger partial charge >= 0.3 is 17.9 Å². The van der Waals surface area contributed by atoms with Crippen LogP contribution in [0.1, 0.15) is 19.8 Å². The molecule has 0 fully saturated rings. The molecule has 0 rings (SSSR count). The Bertz CT molecular complexity index is 304. The van der Waals surface area contributed by atoms with Gasteiger partial charge in [0.1, 0.15) is 0 Å². The van der Waals surface area contributed by atoms with Gasteiger partial charge in [-0.05, 0) is 12.8 Å². The second-order valence-corrected chi connectivity index (χ2v) is 3.09. The molecule has 0 aromatic rings. The van der Waals surface area contributed by atoms with Gasteiger partial charge < -0.3 is 15.3 Å². The first-order valence-corrected chi connectivity index (χ1v) is 4.24. The molecule has 1 unspecified atom stereocenters. The van der Waals surface area contributed by atoms with Crippen LogP contribution in [0.2, 0.25) is 0 Å². The van der Waals surface area contributed by atoms with E-state index >= 15 is 0 Å². The van der Waals surface area contributed by atoms with Crippen LogP contribution >= 0.6 is 0 Å². The normalized spacial score (nSPS) is 13.3. The molecule has 0 heterocycles. The van der Waals surface area contributed by atoms with Crippen molar-refractivity contribution in [3.05, 3.63) is 11.6 Å². The minimum atomic E-state index is -1.35. The number of aliphatic carboxylic acids is 3. The maximum Gasteiger partial charge on any atom is 0.331 e. The summed E-state index contributed by atoms with van der Waals surface area (Å²) in [7, 11) is 0. The monoisotopic (exact) mass is 216 g/mol. The molecule has 84 valence electrons. The Labute approximate surface area is 85.8 Å². The first-order valence-electron chi connectivity index (χ1n) is 4.24. The van der Waals surface area contributed by atoms with Crippen LogP contribution in [-0.2, 0) is 14.4 Å². The lowest BCUT2D eigenvalue weighted by atomic mass is 10.0.